The fraction of sp³-hybridized carbons (Fsp3) is 0.520. The second-order valence-corrected chi connectivity index (χ2v) is 9.41. The van der Waals surface area contributed by atoms with Gasteiger partial charge in [0.25, 0.3) is 5.91 Å². The van der Waals surface area contributed by atoms with Crippen LogP contribution in [0, 0.1) is 17.7 Å². The van der Waals surface area contributed by atoms with E-state index in [-0.39, 0.29) is 29.3 Å². The normalized spacial score (nSPS) is 20.1. The molecule has 9 heteroatoms. The minimum absolute atomic E-state index is 0.194. The van der Waals surface area contributed by atoms with E-state index in [1.807, 2.05) is 6.92 Å². The van der Waals surface area contributed by atoms with Crippen LogP contribution in [0.5, 0.6) is 0 Å². The molecule has 2 atom stereocenters. The van der Waals surface area contributed by atoms with E-state index in [0.29, 0.717) is 35.1 Å². The molecule has 0 aliphatic heterocycles. The van der Waals surface area contributed by atoms with Gasteiger partial charge < -0.3 is 15.6 Å². The molecule has 2 amide bonds. The average Bonchev–Trinajstić information content (AvgIpc) is 3.45. The van der Waals surface area contributed by atoms with Crippen molar-refractivity contribution in [1.82, 2.24) is 30.4 Å². The number of imidazole rings is 1. The van der Waals surface area contributed by atoms with Crippen LogP contribution in [-0.4, -0.2) is 31.6 Å². The van der Waals surface area contributed by atoms with Gasteiger partial charge in [-0.05, 0) is 50.7 Å². The van der Waals surface area contributed by atoms with Crippen molar-refractivity contribution in [2.45, 2.75) is 72.0 Å². The summed E-state index contributed by atoms with van der Waals surface area (Å²) < 4.78 is 17.0. The Bertz CT molecular complexity index is 1180. The summed E-state index contributed by atoms with van der Waals surface area (Å²) in [6.07, 6.45) is 5.70. The number of carbonyl (C=O) groups excluding carboxylic acids is 2. The summed E-state index contributed by atoms with van der Waals surface area (Å²) >= 11 is 0. The Kier molecular flexibility index (Phi) is 7.00. The lowest BCUT2D eigenvalue weighted by Crippen LogP contribution is -2.36. The minimum atomic E-state index is -0.480. The molecule has 1 aliphatic rings. The Morgan fingerprint density at radius 3 is 2.62 bits per heavy atom. The summed E-state index contributed by atoms with van der Waals surface area (Å²) in [5, 5.41) is 10.1. The quantitative estimate of drug-likeness (QED) is 0.478. The van der Waals surface area contributed by atoms with Crippen LogP contribution < -0.4 is 10.6 Å². The molecule has 182 valence electrons. The highest BCUT2D eigenvalue weighted by molar-refractivity contribution is 5.92. The zero-order valence-corrected chi connectivity index (χ0v) is 20.2. The summed E-state index contributed by atoms with van der Waals surface area (Å²) in [5.74, 6) is 0.486. The lowest BCUT2D eigenvalue weighted by atomic mass is 9.79. The van der Waals surface area contributed by atoms with Gasteiger partial charge >= 0.3 is 0 Å². The van der Waals surface area contributed by atoms with Gasteiger partial charge in [0, 0.05) is 25.2 Å². The summed E-state index contributed by atoms with van der Waals surface area (Å²) in [7, 11) is 0. The van der Waals surface area contributed by atoms with E-state index in [0.717, 1.165) is 25.7 Å². The van der Waals surface area contributed by atoms with Gasteiger partial charge in [0.15, 0.2) is 5.82 Å². The first-order valence-electron chi connectivity index (χ1n) is 12.1. The number of aryl methyl sites for hydroxylation is 1. The van der Waals surface area contributed by atoms with E-state index in [9.17, 15) is 9.59 Å². The molecule has 2 aromatic heterocycles. The lowest BCUT2D eigenvalue weighted by Gasteiger charge is -2.32. The Morgan fingerprint density at radius 2 is 1.94 bits per heavy atom. The third-order valence-electron chi connectivity index (χ3n) is 6.89. The highest BCUT2D eigenvalue weighted by Gasteiger charge is 2.32. The molecule has 1 aliphatic carbocycles. The molecule has 1 aromatic carbocycles. The molecule has 3 N–H and O–H groups in total. The lowest BCUT2D eigenvalue weighted by molar-refractivity contribution is -0.119. The molecular weight excluding hydrogens is 435 g/mol. The number of benzene rings is 1. The van der Waals surface area contributed by atoms with Gasteiger partial charge in [-0.3, -0.25) is 14.3 Å². The number of fused-ring (bicyclic) bond motifs is 1. The molecule has 1 fully saturated rings. The molecule has 0 saturated heterocycles. The predicted octanol–water partition coefficient (Wildman–Crippen LogP) is 4.41. The number of hydrogen-bond donors (Lipinski definition) is 3. The van der Waals surface area contributed by atoms with Crippen molar-refractivity contribution in [2.75, 3.05) is 0 Å². The fourth-order valence-corrected chi connectivity index (χ4v) is 4.96. The predicted molar refractivity (Wildman–Crippen MR) is 128 cm³/mol. The van der Waals surface area contributed by atoms with E-state index in [1.54, 1.807) is 36.0 Å². The van der Waals surface area contributed by atoms with Gasteiger partial charge in [-0.25, -0.2) is 9.37 Å². The highest BCUT2D eigenvalue weighted by atomic mass is 19.1. The van der Waals surface area contributed by atoms with Crippen molar-refractivity contribution in [1.29, 1.82) is 0 Å². The topological polar surface area (TPSA) is 105 Å². The SMILES string of the molecule is CCn1nccc1C(=O)NC(c1nc2c(F)c(C(C)NC(C)=O)ccc2[nH]1)C1CCC(C)CC1. The van der Waals surface area contributed by atoms with Crippen LogP contribution in [0.4, 0.5) is 4.39 Å². The smallest absolute Gasteiger partial charge is 0.270 e. The molecule has 1 saturated carbocycles. The minimum Gasteiger partial charge on any atom is -0.350 e. The van der Waals surface area contributed by atoms with Crippen LogP contribution in [0.3, 0.4) is 0 Å². The van der Waals surface area contributed by atoms with E-state index in [4.69, 9.17) is 0 Å². The Balaban J connectivity index is 1.69. The number of aromatic nitrogens is 4. The number of aromatic amines is 1. The number of hydrogen-bond acceptors (Lipinski definition) is 4. The first-order chi connectivity index (χ1) is 16.3. The molecule has 0 bridgehead atoms. The van der Waals surface area contributed by atoms with Crippen LogP contribution in [0.2, 0.25) is 0 Å². The summed E-state index contributed by atoms with van der Waals surface area (Å²) in [5.41, 5.74) is 1.64. The third-order valence-corrected chi connectivity index (χ3v) is 6.89. The van der Waals surface area contributed by atoms with E-state index in [2.05, 4.69) is 32.6 Å². The van der Waals surface area contributed by atoms with Crippen molar-refractivity contribution in [3.05, 3.63) is 47.3 Å². The summed E-state index contributed by atoms with van der Waals surface area (Å²) in [4.78, 5) is 32.5. The molecule has 0 spiro atoms. The maximum absolute atomic E-state index is 15.4. The number of halogens is 1. The molecular formula is C25H33FN6O2. The zero-order valence-electron chi connectivity index (χ0n) is 20.2. The van der Waals surface area contributed by atoms with Crippen molar-refractivity contribution < 1.29 is 14.0 Å². The van der Waals surface area contributed by atoms with Gasteiger partial charge in [0.2, 0.25) is 5.91 Å². The van der Waals surface area contributed by atoms with Gasteiger partial charge in [-0.2, -0.15) is 5.10 Å². The van der Waals surface area contributed by atoms with Gasteiger partial charge in [-0.15, -0.1) is 0 Å². The van der Waals surface area contributed by atoms with Gasteiger partial charge in [0.05, 0.1) is 17.6 Å². The Morgan fingerprint density at radius 1 is 1.21 bits per heavy atom. The second kappa shape index (κ2) is 9.95. The van der Waals surface area contributed by atoms with Gasteiger partial charge in [0.1, 0.15) is 17.0 Å². The number of rotatable bonds is 7. The first kappa shape index (κ1) is 23.9. The van der Waals surface area contributed by atoms with Crippen molar-refractivity contribution >= 4 is 22.8 Å². The standard InChI is InChI=1S/C25H33FN6O2/c1-5-32-20(12-13-27-32)25(34)31-22(17-8-6-14(2)7-9-17)24-29-19-11-10-18(15(3)28-16(4)33)21(26)23(19)30-24/h10-15,17,22H,5-9H2,1-4H3,(H,28,33)(H,29,30)(H,31,34). The van der Waals surface area contributed by atoms with Crippen molar-refractivity contribution in [3.63, 3.8) is 0 Å². The highest BCUT2D eigenvalue weighted by Crippen LogP contribution is 2.37. The molecule has 3 aromatic rings. The molecule has 8 nitrogen and oxygen atoms in total. The van der Waals surface area contributed by atoms with Crippen molar-refractivity contribution in [2.24, 2.45) is 11.8 Å². The summed E-state index contributed by atoms with van der Waals surface area (Å²) in [6.45, 7) is 7.92. The molecule has 4 rings (SSSR count). The Labute approximate surface area is 198 Å². The number of nitrogens with one attached hydrogen (secondary N) is 3. The van der Waals surface area contributed by atoms with E-state index < -0.39 is 11.9 Å². The molecule has 34 heavy (non-hydrogen) atoms. The Hall–Kier alpha value is -3.23. The van der Waals surface area contributed by atoms with Crippen LogP contribution in [0.1, 0.15) is 87.3 Å². The molecule has 0 radical (unpaired) electrons. The van der Waals surface area contributed by atoms with Crippen molar-refractivity contribution in [3.8, 4) is 0 Å². The van der Waals surface area contributed by atoms with Gasteiger partial charge in [-0.1, -0.05) is 25.8 Å². The third kappa shape index (κ3) is 4.83. The van der Waals surface area contributed by atoms with E-state index >= 15 is 4.39 Å². The number of carbonyl (C=O) groups is 2. The molecule has 2 heterocycles. The number of amides is 2. The maximum atomic E-state index is 15.4. The van der Waals surface area contributed by atoms with E-state index in [1.165, 1.54) is 6.92 Å². The second-order valence-electron chi connectivity index (χ2n) is 9.41. The largest absolute Gasteiger partial charge is 0.350 e. The zero-order chi connectivity index (χ0) is 24.4. The first-order valence-corrected chi connectivity index (χ1v) is 12.1. The van der Waals surface area contributed by atoms with Crippen LogP contribution in [0.15, 0.2) is 24.4 Å². The fourth-order valence-electron chi connectivity index (χ4n) is 4.96. The number of H-pyrrole nitrogens is 1. The van der Waals surface area contributed by atoms with Crippen LogP contribution >= 0.6 is 0 Å². The summed E-state index contributed by atoms with van der Waals surface area (Å²) in [6, 6.07) is 4.29. The maximum Gasteiger partial charge on any atom is 0.270 e. The molecule has 2 unspecified atom stereocenters. The average molecular weight is 469 g/mol. The monoisotopic (exact) mass is 468 g/mol. The van der Waals surface area contributed by atoms with Crippen LogP contribution in [0.25, 0.3) is 11.0 Å². The number of nitrogens with zero attached hydrogens (tertiary/aromatic N) is 3. The van der Waals surface area contributed by atoms with Crippen LogP contribution in [-0.2, 0) is 11.3 Å².